The number of carbonyl (C=O) groups excluding carboxylic acids is 1. The van der Waals surface area contributed by atoms with Gasteiger partial charge in [-0.2, -0.15) is 0 Å². The lowest BCUT2D eigenvalue weighted by molar-refractivity contribution is 0.0932. The zero-order chi connectivity index (χ0) is 17.6. The first-order valence-electron chi connectivity index (χ1n) is 8.83. The molecule has 0 radical (unpaired) electrons. The first-order chi connectivity index (χ1) is 12.2. The normalized spacial score (nSPS) is 15.9. The highest BCUT2D eigenvalue weighted by atomic mass is 79.9. The summed E-state index contributed by atoms with van der Waals surface area (Å²) in [5.41, 5.74) is 1.19. The van der Waals surface area contributed by atoms with Crippen molar-refractivity contribution in [3.8, 4) is 5.75 Å². The third kappa shape index (κ3) is 4.76. The van der Waals surface area contributed by atoms with Gasteiger partial charge < -0.3 is 19.2 Å². The van der Waals surface area contributed by atoms with E-state index in [9.17, 15) is 4.79 Å². The smallest absolute Gasteiger partial charge is 0.251 e. The Kier molecular flexibility index (Phi) is 6.37. The zero-order valence-electron chi connectivity index (χ0n) is 14.5. The van der Waals surface area contributed by atoms with Crippen LogP contribution in [0.2, 0.25) is 0 Å². The molecule has 0 aliphatic heterocycles. The van der Waals surface area contributed by atoms with Crippen LogP contribution in [0.5, 0.6) is 5.75 Å². The number of amides is 1. The Bertz CT molecular complexity index is 720. The average Bonchev–Trinajstić information content (AvgIpc) is 2.79. The molecular formula is C19H24BrNO4. The number of nitrogens with one attached hydrogen (secondary N) is 1. The van der Waals surface area contributed by atoms with Crippen molar-refractivity contribution in [2.45, 2.75) is 44.6 Å². The molecule has 136 valence electrons. The molecule has 6 heteroatoms. The van der Waals surface area contributed by atoms with Crippen molar-refractivity contribution < 1.29 is 18.7 Å². The second kappa shape index (κ2) is 8.72. The quantitative estimate of drug-likeness (QED) is 0.555. The van der Waals surface area contributed by atoms with E-state index in [-0.39, 0.29) is 11.9 Å². The van der Waals surface area contributed by atoms with Crippen molar-refractivity contribution in [3.63, 3.8) is 0 Å². The van der Waals surface area contributed by atoms with E-state index in [2.05, 4.69) is 21.2 Å². The molecule has 2 aromatic rings. The Labute approximate surface area is 156 Å². The number of carbonyl (C=O) groups is 1. The fraction of sp³-hybridized carbons (Fsp3) is 0.526. The molecule has 5 nitrogen and oxygen atoms in total. The number of methoxy groups -OCH3 is 1. The fourth-order valence-corrected chi connectivity index (χ4v) is 3.66. The van der Waals surface area contributed by atoms with Crippen molar-refractivity contribution in [3.05, 3.63) is 28.4 Å². The minimum Gasteiger partial charge on any atom is -0.490 e. The lowest BCUT2D eigenvalue weighted by Gasteiger charge is -2.16. The Balaban J connectivity index is 1.80. The van der Waals surface area contributed by atoms with Crippen LogP contribution in [0, 0.1) is 0 Å². The molecule has 1 aliphatic carbocycles. The van der Waals surface area contributed by atoms with Crippen LogP contribution >= 0.6 is 15.9 Å². The molecule has 0 spiro atoms. The van der Waals surface area contributed by atoms with E-state index in [0.717, 1.165) is 18.2 Å². The first-order valence-corrected chi connectivity index (χ1v) is 9.62. The summed E-state index contributed by atoms with van der Waals surface area (Å²) in [6, 6.07) is 5.66. The largest absolute Gasteiger partial charge is 0.490 e. The molecule has 0 saturated heterocycles. The second-order valence-corrected chi connectivity index (χ2v) is 7.22. The van der Waals surface area contributed by atoms with Crippen LogP contribution in [0.1, 0.15) is 48.9 Å². The first kappa shape index (κ1) is 18.3. The van der Waals surface area contributed by atoms with E-state index < -0.39 is 0 Å². The number of hydrogen-bond donors (Lipinski definition) is 1. The van der Waals surface area contributed by atoms with Gasteiger partial charge in [0.25, 0.3) is 5.91 Å². The minimum absolute atomic E-state index is 0.0714. The summed E-state index contributed by atoms with van der Waals surface area (Å²) in [6.07, 6.45) is 6.99. The van der Waals surface area contributed by atoms with Crippen LogP contribution in [-0.2, 0) is 4.74 Å². The van der Waals surface area contributed by atoms with Gasteiger partial charge in [-0.3, -0.25) is 4.79 Å². The lowest BCUT2D eigenvalue weighted by Crippen LogP contribution is -2.34. The van der Waals surface area contributed by atoms with Crippen molar-refractivity contribution in [1.82, 2.24) is 5.32 Å². The average molecular weight is 410 g/mol. The topological polar surface area (TPSA) is 60.7 Å². The van der Waals surface area contributed by atoms with E-state index in [1.165, 1.54) is 25.7 Å². The van der Waals surface area contributed by atoms with E-state index in [1.807, 2.05) is 6.07 Å². The summed E-state index contributed by atoms with van der Waals surface area (Å²) < 4.78 is 17.1. The van der Waals surface area contributed by atoms with Gasteiger partial charge in [0.05, 0.1) is 12.0 Å². The maximum atomic E-state index is 12.7. The van der Waals surface area contributed by atoms with Crippen LogP contribution in [0.15, 0.2) is 27.3 Å². The van der Waals surface area contributed by atoms with E-state index in [4.69, 9.17) is 13.9 Å². The number of hydrogen-bond acceptors (Lipinski definition) is 4. The van der Waals surface area contributed by atoms with Gasteiger partial charge >= 0.3 is 0 Å². The van der Waals surface area contributed by atoms with Gasteiger partial charge in [-0.05, 0) is 40.9 Å². The fourth-order valence-electron chi connectivity index (χ4n) is 3.25. The van der Waals surface area contributed by atoms with E-state index >= 15 is 0 Å². The summed E-state index contributed by atoms with van der Waals surface area (Å²) in [5, 5.41) is 4.01. The Morgan fingerprint density at radius 3 is 2.68 bits per heavy atom. The molecule has 0 unspecified atom stereocenters. The van der Waals surface area contributed by atoms with Gasteiger partial charge in [0.2, 0.25) is 0 Å². The predicted molar refractivity (Wildman–Crippen MR) is 100 cm³/mol. The summed E-state index contributed by atoms with van der Waals surface area (Å²) in [7, 11) is 1.63. The molecule has 1 amide bonds. The number of furan rings is 1. The number of ether oxygens (including phenoxy) is 2. The molecule has 3 rings (SSSR count). The van der Waals surface area contributed by atoms with Gasteiger partial charge in [0.1, 0.15) is 17.9 Å². The van der Waals surface area contributed by atoms with Gasteiger partial charge in [0, 0.05) is 24.8 Å². The highest BCUT2D eigenvalue weighted by Gasteiger charge is 2.18. The van der Waals surface area contributed by atoms with Crippen LogP contribution in [0.3, 0.4) is 0 Å². The molecule has 0 atom stereocenters. The predicted octanol–water partition coefficient (Wildman–Crippen LogP) is 4.67. The maximum Gasteiger partial charge on any atom is 0.251 e. The standard InChI is InChI=1S/C19H24BrNO4/c1-23-8-9-24-16-10-13(11-17-15(16)12-18(20)25-17)19(22)21-14-6-4-2-3-5-7-14/h10-12,14H,2-9H2,1H3,(H,21,22). The number of halogens is 1. The molecule has 1 saturated carbocycles. The molecule has 25 heavy (non-hydrogen) atoms. The summed E-state index contributed by atoms with van der Waals surface area (Å²) in [6.45, 7) is 0.904. The molecule has 1 aromatic carbocycles. The Hall–Kier alpha value is -1.53. The van der Waals surface area contributed by atoms with Crippen molar-refractivity contribution >= 4 is 32.8 Å². The lowest BCUT2D eigenvalue weighted by atomic mass is 10.1. The van der Waals surface area contributed by atoms with Crippen LogP contribution in [0.25, 0.3) is 11.0 Å². The molecule has 0 bridgehead atoms. The summed E-state index contributed by atoms with van der Waals surface area (Å²) in [4.78, 5) is 12.7. The third-order valence-electron chi connectivity index (χ3n) is 4.57. The zero-order valence-corrected chi connectivity index (χ0v) is 16.1. The van der Waals surface area contributed by atoms with Gasteiger partial charge in [-0.25, -0.2) is 0 Å². The number of benzene rings is 1. The monoisotopic (exact) mass is 409 g/mol. The van der Waals surface area contributed by atoms with Crippen molar-refractivity contribution in [2.24, 2.45) is 0 Å². The molecule has 1 aliphatic rings. The molecule has 1 heterocycles. The summed E-state index contributed by atoms with van der Waals surface area (Å²) in [5.74, 6) is 0.563. The minimum atomic E-state index is -0.0714. The SMILES string of the molecule is COCCOc1cc(C(=O)NC2CCCCCC2)cc2oc(Br)cc12. The van der Waals surface area contributed by atoms with Gasteiger partial charge in [-0.15, -0.1) is 0 Å². The Morgan fingerprint density at radius 1 is 1.20 bits per heavy atom. The van der Waals surface area contributed by atoms with Crippen LogP contribution < -0.4 is 10.1 Å². The molecule has 1 fully saturated rings. The van der Waals surface area contributed by atoms with E-state index in [0.29, 0.717) is 34.8 Å². The highest BCUT2D eigenvalue weighted by molar-refractivity contribution is 9.10. The molecule has 1 N–H and O–H groups in total. The highest BCUT2D eigenvalue weighted by Crippen LogP contribution is 2.33. The second-order valence-electron chi connectivity index (χ2n) is 6.44. The maximum absolute atomic E-state index is 12.7. The van der Waals surface area contributed by atoms with Crippen LogP contribution in [0.4, 0.5) is 0 Å². The van der Waals surface area contributed by atoms with Crippen molar-refractivity contribution in [1.29, 1.82) is 0 Å². The molecular weight excluding hydrogens is 386 g/mol. The van der Waals surface area contributed by atoms with Gasteiger partial charge in [-0.1, -0.05) is 25.7 Å². The number of rotatable bonds is 6. The van der Waals surface area contributed by atoms with E-state index in [1.54, 1.807) is 19.2 Å². The van der Waals surface area contributed by atoms with Crippen LogP contribution in [-0.4, -0.2) is 32.3 Å². The van der Waals surface area contributed by atoms with Gasteiger partial charge in [0.15, 0.2) is 4.67 Å². The number of fused-ring (bicyclic) bond motifs is 1. The molecule has 1 aromatic heterocycles. The van der Waals surface area contributed by atoms with Crippen molar-refractivity contribution in [2.75, 3.05) is 20.3 Å². The third-order valence-corrected chi connectivity index (χ3v) is 4.96. The Morgan fingerprint density at radius 2 is 1.96 bits per heavy atom. The summed E-state index contributed by atoms with van der Waals surface area (Å²) >= 11 is 3.34.